The lowest BCUT2D eigenvalue weighted by molar-refractivity contribution is 0.375. The standard InChI is InChI=1S/C13H21N3/c1-13(2,3)11-8-16-10-6-4-5-9(10)7-14-12(16)15-11/h8-10H,4-7H2,1-3H3,(H,14,15). The first-order valence-electron chi connectivity index (χ1n) is 6.39. The number of fused-ring (bicyclic) bond motifs is 3. The molecule has 1 aliphatic carbocycles. The second-order valence-corrected chi connectivity index (χ2v) is 6.25. The van der Waals surface area contributed by atoms with Crippen LogP contribution in [0.4, 0.5) is 5.95 Å². The molecule has 1 N–H and O–H groups in total. The van der Waals surface area contributed by atoms with E-state index in [1.165, 1.54) is 25.0 Å². The van der Waals surface area contributed by atoms with Crippen LogP contribution in [0.2, 0.25) is 0 Å². The molecule has 0 amide bonds. The highest BCUT2D eigenvalue weighted by Gasteiger charge is 2.34. The van der Waals surface area contributed by atoms with Crippen LogP contribution >= 0.6 is 0 Å². The summed E-state index contributed by atoms with van der Waals surface area (Å²) in [4.78, 5) is 4.73. The third kappa shape index (κ3) is 1.45. The third-order valence-corrected chi connectivity index (χ3v) is 4.00. The minimum absolute atomic E-state index is 0.153. The summed E-state index contributed by atoms with van der Waals surface area (Å²) in [6, 6.07) is 0.708. The monoisotopic (exact) mass is 219 g/mol. The number of aromatic nitrogens is 2. The van der Waals surface area contributed by atoms with E-state index in [9.17, 15) is 0 Å². The highest BCUT2D eigenvalue weighted by atomic mass is 15.3. The number of nitrogens with one attached hydrogen (secondary N) is 1. The van der Waals surface area contributed by atoms with E-state index in [0.29, 0.717) is 6.04 Å². The molecule has 1 aromatic heterocycles. The maximum Gasteiger partial charge on any atom is 0.203 e. The first-order valence-corrected chi connectivity index (χ1v) is 6.39. The average Bonchev–Trinajstić information content (AvgIpc) is 2.81. The van der Waals surface area contributed by atoms with Gasteiger partial charge in [0.25, 0.3) is 0 Å². The summed E-state index contributed by atoms with van der Waals surface area (Å²) in [7, 11) is 0. The first kappa shape index (κ1) is 10.2. The molecule has 16 heavy (non-hydrogen) atoms. The molecule has 2 atom stereocenters. The summed E-state index contributed by atoms with van der Waals surface area (Å²) in [5, 5.41) is 3.48. The van der Waals surface area contributed by atoms with Gasteiger partial charge in [-0.05, 0) is 18.8 Å². The summed E-state index contributed by atoms with van der Waals surface area (Å²) in [5.41, 5.74) is 1.36. The van der Waals surface area contributed by atoms with Gasteiger partial charge in [0.05, 0.1) is 5.69 Å². The lowest BCUT2D eigenvalue weighted by Crippen LogP contribution is -2.28. The number of imidazole rings is 1. The Bertz CT molecular complexity index is 400. The number of anilines is 1. The average molecular weight is 219 g/mol. The predicted molar refractivity (Wildman–Crippen MR) is 65.8 cm³/mol. The molecule has 1 saturated carbocycles. The van der Waals surface area contributed by atoms with Crippen LogP contribution in [-0.4, -0.2) is 16.1 Å². The van der Waals surface area contributed by atoms with Crippen molar-refractivity contribution in [2.45, 2.75) is 51.5 Å². The van der Waals surface area contributed by atoms with Gasteiger partial charge in [0, 0.05) is 24.2 Å². The zero-order valence-electron chi connectivity index (χ0n) is 10.5. The molecular formula is C13H21N3. The van der Waals surface area contributed by atoms with Crippen LogP contribution in [0.5, 0.6) is 0 Å². The number of nitrogens with zero attached hydrogens (tertiary/aromatic N) is 2. The van der Waals surface area contributed by atoms with E-state index in [2.05, 4.69) is 36.9 Å². The molecule has 1 aliphatic heterocycles. The van der Waals surface area contributed by atoms with Crippen molar-refractivity contribution in [3.8, 4) is 0 Å². The highest BCUT2D eigenvalue weighted by Crippen LogP contribution is 2.41. The smallest absolute Gasteiger partial charge is 0.203 e. The van der Waals surface area contributed by atoms with Crippen molar-refractivity contribution in [2.24, 2.45) is 5.92 Å². The van der Waals surface area contributed by atoms with Crippen LogP contribution in [0.15, 0.2) is 6.20 Å². The zero-order valence-corrected chi connectivity index (χ0v) is 10.5. The minimum atomic E-state index is 0.153. The fourth-order valence-electron chi connectivity index (χ4n) is 2.98. The van der Waals surface area contributed by atoms with Gasteiger partial charge in [0.15, 0.2) is 0 Å². The van der Waals surface area contributed by atoms with Crippen LogP contribution in [0, 0.1) is 5.92 Å². The van der Waals surface area contributed by atoms with Crippen molar-refractivity contribution >= 4 is 5.95 Å². The SMILES string of the molecule is CC(C)(C)c1cn2c(n1)NCC1CCCC12. The van der Waals surface area contributed by atoms with Crippen molar-refractivity contribution in [2.75, 3.05) is 11.9 Å². The van der Waals surface area contributed by atoms with Gasteiger partial charge in [-0.15, -0.1) is 0 Å². The van der Waals surface area contributed by atoms with E-state index < -0.39 is 0 Å². The van der Waals surface area contributed by atoms with E-state index in [1.54, 1.807) is 0 Å². The Balaban J connectivity index is 2.00. The van der Waals surface area contributed by atoms with E-state index in [0.717, 1.165) is 18.4 Å². The number of hydrogen-bond acceptors (Lipinski definition) is 2. The molecule has 3 nitrogen and oxygen atoms in total. The summed E-state index contributed by atoms with van der Waals surface area (Å²) >= 11 is 0. The van der Waals surface area contributed by atoms with Crippen LogP contribution in [-0.2, 0) is 5.41 Å². The molecule has 2 heterocycles. The second-order valence-electron chi connectivity index (χ2n) is 6.25. The van der Waals surface area contributed by atoms with Gasteiger partial charge < -0.3 is 9.88 Å². The van der Waals surface area contributed by atoms with E-state index in [-0.39, 0.29) is 5.41 Å². The van der Waals surface area contributed by atoms with Gasteiger partial charge >= 0.3 is 0 Å². The second kappa shape index (κ2) is 3.25. The summed E-state index contributed by atoms with van der Waals surface area (Å²) < 4.78 is 2.39. The Morgan fingerprint density at radius 3 is 2.94 bits per heavy atom. The number of hydrogen-bond donors (Lipinski definition) is 1. The van der Waals surface area contributed by atoms with E-state index >= 15 is 0 Å². The number of rotatable bonds is 0. The van der Waals surface area contributed by atoms with Gasteiger partial charge in [-0.3, -0.25) is 0 Å². The normalized spacial score (nSPS) is 28.4. The van der Waals surface area contributed by atoms with Crippen molar-refractivity contribution < 1.29 is 0 Å². The molecule has 1 aromatic rings. The maximum atomic E-state index is 4.73. The molecule has 3 rings (SSSR count). The molecule has 2 aliphatic rings. The Morgan fingerprint density at radius 1 is 1.38 bits per heavy atom. The molecule has 0 saturated heterocycles. The van der Waals surface area contributed by atoms with Crippen molar-refractivity contribution in [1.29, 1.82) is 0 Å². The molecule has 0 spiro atoms. The Morgan fingerprint density at radius 2 is 2.19 bits per heavy atom. The van der Waals surface area contributed by atoms with Crippen LogP contribution < -0.4 is 5.32 Å². The largest absolute Gasteiger partial charge is 0.355 e. The topological polar surface area (TPSA) is 29.9 Å². The van der Waals surface area contributed by atoms with Gasteiger partial charge in [0.2, 0.25) is 5.95 Å². The zero-order chi connectivity index (χ0) is 11.3. The van der Waals surface area contributed by atoms with E-state index in [4.69, 9.17) is 4.98 Å². The summed E-state index contributed by atoms with van der Waals surface area (Å²) in [6.45, 7) is 7.81. The molecule has 1 fully saturated rings. The van der Waals surface area contributed by atoms with Crippen molar-refractivity contribution in [1.82, 2.24) is 9.55 Å². The van der Waals surface area contributed by atoms with Crippen molar-refractivity contribution in [3.05, 3.63) is 11.9 Å². The predicted octanol–water partition coefficient (Wildman–Crippen LogP) is 2.95. The summed E-state index contributed by atoms with van der Waals surface area (Å²) in [6.07, 6.45) is 6.35. The molecule has 88 valence electrons. The molecule has 0 bridgehead atoms. The first-order chi connectivity index (χ1) is 7.55. The Hall–Kier alpha value is -0.990. The van der Waals surface area contributed by atoms with Crippen LogP contribution in [0.1, 0.15) is 51.8 Å². The lowest BCUT2D eigenvalue weighted by Gasteiger charge is -2.28. The Labute approximate surface area is 97.3 Å². The quantitative estimate of drug-likeness (QED) is 0.727. The fourth-order valence-corrected chi connectivity index (χ4v) is 2.98. The third-order valence-electron chi connectivity index (χ3n) is 4.00. The lowest BCUT2D eigenvalue weighted by atomic mass is 9.93. The van der Waals surface area contributed by atoms with Gasteiger partial charge in [-0.2, -0.15) is 0 Å². The van der Waals surface area contributed by atoms with Gasteiger partial charge in [-0.25, -0.2) is 4.98 Å². The van der Waals surface area contributed by atoms with Crippen molar-refractivity contribution in [3.63, 3.8) is 0 Å². The van der Waals surface area contributed by atoms with Gasteiger partial charge in [0.1, 0.15) is 0 Å². The van der Waals surface area contributed by atoms with E-state index in [1.807, 2.05) is 0 Å². The summed E-state index contributed by atoms with van der Waals surface area (Å²) in [5.74, 6) is 1.92. The van der Waals surface area contributed by atoms with Crippen LogP contribution in [0.3, 0.4) is 0 Å². The Kier molecular flexibility index (Phi) is 2.07. The van der Waals surface area contributed by atoms with Crippen LogP contribution in [0.25, 0.3) is 0 Å². The van der Waals surface area contributed by atoms with Gasteiger partial charge in [-0.1, -0.05) is 27.2 Å². The molecule has 3 heteroatoms. The molecule has 2 unspecified atom stereocenters. The minimum Gasteiger partial charge on any atom is -0.355 e. The highest BCUT2D eigenvalue weighted by molar-refractivity contribution is 5.35. The fraction of sp³-hybridized carbons (Fsp3) is 0.769. The maximum absolute atomic E-state index is 4.73. The molecule has 0 radical (unpaired) electrons. The molecule has 0 aromatic carbocycles. The molecular weight excluding hydrogens is 198 g/mol.